The van der Waals surface area contributed by atoms with Gasteiger partial charge in [-0.15, -0.1) is 16.1 Å². The minimum atomic E-state index is -1.82. The Kier molecular flexibility index (Phi) is 5.32. The number of imidazole rings is 1. The van der Waals surface area contributed by atoms with E-state index in [1.807, 2.05) is 6.92 Å². The lowest BCUT2D eigenvalue weighted by Gasteiger charge is -2.26. The Morgan fingerprint density at radius 3 is 2.92 bits per heavy atom. The molecule has 0 aromatic carbocycles. The Hall–Kier alpha value is -1.58. The van der Waals surface area contributed by atoms with Gasteiger partial charge in [-0.05, 0) is 18.4 Å². The molecule has 2 aromatic rings. The van der Waals surface area contributed by atoms with Gasteiger partial charge in [0.05, 0.1) is 12.9 Å². The van der Waals surface area contributed by atoms with Crippen LogP contribution in [0.15, 0.2) is 6.33 Å². The van der Waals surface area contributed by atoms with E-state index in [9.17, 15) is 9.67 Å². The first-order valence-electron chi connectivity index (χ1n) is 7.94. The fourth-order valence-electron chi connectivity index (χ4n) is 2.84. The van der Waals surface area contributed by atoms with Crippen LogP contribution in [0.5, 0.6) is 5.88 Å². The van der Waals surface area contributed by atoms with Gasteiger partial charge in [0.15, 0.2) is 24.1 Å². The van der Waals surface area contributed by atoms with Crippen molar-refractivity contribution in [3.05, 3.63) is 6.33 Å². The molecule has 3 N–H and O–H groups in total. The molecule has 1 fully saturated rings. The predicted molar refractivity (Wildman–Crippen MR) is 94.6 cm³/mol. The highest BCUT2D eigenvalue weighted by atomic mass is 35.5. The van der Waals surface area contributed by atoms with Crippen molar-refractivity contribution in [3.8, 4) is 5.88 Å². The standard InChI is InChI=1S/C14H20ClN5O5P/c1-4-23-11-8-10(18-13(16)19-11)20(6-17-8)12-14(2,15)9(21)7(25-12)5-24-26(3)22/h6-7,9,12,21H,4-5H2,1-3H3,(H2,16,18,19)/q+1/t7-,9-,12?,14-/m1/s1. The van der Waals surface area contributed by atoms with Crippen molar-refractivity contribution < 1.29 is 23.7 Å². The quantitative estimate of drug-likeness (QED) is 0.541. The zero-order valence-electron chi connectivity index (χ0n) is 14.5. The van der Waals surface area contributed by atoms with Crippen molar-refractivity contribution in [2.75, 3.05) is 25.6 Å². The smallest absolute Gasteiger partial charge is 0.476 e. The van der Waals surface area contributed by atoms with E-state index >= 15 is 0 Å². The number of hydrogen-bond acceptors (Lipinski definition) is 9. The summed E-state index contributed by atoms with van der Waals surface area (Å²) in [5, 5.41) is 10.5. The summed E-state index contributed by atoms with van der Waals surface area (Å²) in [6, 6.07) is 0. The number of alkyl halides is 1. The van der Waals surface area contributed by atoms with Gasteiger partial charge in [0.1, 0.15) is 23.7 Å². The largest absolute Gasteiger partial charge is 0.504 e. The van der Waals surface area contributed by atoms with Gasteiger partial charge in [0.25, 0.3) is 0 Å². The Bertz CT molecular complexity index is 831. The number of aliphatic hydroxyl groups excluding tert-OH is 1. The van der Waals surface area contributed by atoms with Gasteiger partial charge < -0.3 is 20.3 Å². The highest BCUT2D eigenvalue weighted by Gasteiger charge is 2.54. The number of anilines is 1. The zero-order chi connectivity index (χ0) is 19.1. The molecular weight excluding hydrogens is 385 g/mol. The lowest BCUT2D eigenvalue weighted by Crippen LogP contribution is -2.39. The number of rotatable bonds is 6. The molecule has 0 saturated carbocycles. The van der Waals surface area contributed by atoms with Gasteiger partial charge >= 0.3 is 8.03 Å². The van der Waals surface area contributed by atoms with Gasteiger partial charge in [0, 0.05) is 0 Å². The summed E-state index contributed by atoms with van der Waals surface area (Å²) in [5.74, 6) is 0.270. The molecule has 1 saturated heterocycles. The maximum absolute atomic E-state index is 11.2. The van der Waals surface area contributed by atoms with Crippen molar-refractivity contribution in [3.63, 3.8) is 0 Å². The Morgan fingerprint density at radius 2 is 2.27 bits per heavy atom. The minimum Gasteiger partial charge on any atom is -0.476 e. The van der Waals surface area contributed by atoms with E-state index in [0.29, 0.717) is 17.8 Å². The molecule has 142 valence electrons. The van der Waals surface area contributed by atoms with Crippen LogP contribution in [0, 0.1) is 0 Å². The molecule has 0 amide bonds. The summed E-state index contributed by atoms with van der Waals surface area (Å²) in [5.41, 5.74) is 6.54. The van der Waals surface area contributed by atoms with Gasteiger partial charge in [-0.1, -0.05) is 0 Å². The van der Waals surface area contributed by atoms with Gasteiger partial charge in [-0.25, -0.2) is 4.98 Å². The molecule has 12 heteroatoms. The van der Waals surface area contributed by atoms with Crippen LogP contribution < -0.4 is 10.5 Å². The SMILES string of the molecule is CCOc1nc(N)nc2c1ncn2C1O[C@H](CO[P+](C)=O)[C@@H](O)[C@@]1(C)Cl. The molecule has 3 rings (SSSR count). The van der Waals surface area contributed by atoms with Crippen LogP contribution in [-0.4, -0.2) is 61.6 Å². The lowest BCUT2D eigenvalue weighted by atomic mass is 10.0. The molecule has 2 unspecified atom stereocenters. The molecule has 0 spiro atoms. The van der Waals surface area contributed by atoms with Gasteiger partial charge in [-0.2, -0.15) is 9.97 Å². The highest BCUT2D eigenvalue weighted by Crippen LogP contribution is 2.45. The number of nitrogens with two attached hydrogens (primary N) is 1. The summed E-state index contributed by atoms with van der Waals surface area (Å²) in [6.07, 6.45) is -1.16. The van der Waals surface area contributed by atoms with Crippen molar-refractivity contribution in [1.29, 1.82) is 0 Å². The van der Waals surface area contributed by atoms with Crippen LogP contribution in [0.3, 0.4) is 0 Å². The first-order valence-corrected chi connectivity index (χ1v) is 9.95. The third-order valence-corrected chi connectivity index (χ3v) is 5.00. The predicted octanol–water partition coefficient (Wildman–Crippen LogP) is 1.45. The zero-order valence-corrected chi connectivity index (χ0v) is 16.1. The van der Waals surface area contributed by atoms with Crippen molar-refractivity contribution in [2.45, 2.75) is 37.2 Å². The van der Waals surface area contributed by atoms with E-state index in [1.165, 1.54) is 13.0 Å². The summed E-state index contributed by atoms with van der Waals surface area (Å²) in [6.45, 7) is 5.21. The van der Waals surface area contributed by atoms with Crippen molar-refractivity contribution in [2.24, 2.45) is 0 Å². The Balaban J connectivity index is 1.99. The first kappa shape index (κ1) is 19.2. The Labute approximate surface area is 155 Å². The molecule has 0 bridgehead atoms. The second kappa shape index (κ2) is 7.21. The molecule has 1 aliphatic heterocycles. The lowest BCUT2D eigenvalue weighted by molar-refractivity contribution is -0.0378. The number of ether oxygens (including phenoxy) is 2. The average Bonchev–Trinajstić information content (AvgIpc) is 3.06. The number of aliphatic hydroxyl groups is 1. The van der Waals surface area contributed by atoms with E-state index in [2.05, 4.69) is 15.0 Å². The second-order valence-corrected chi connectivity index (χ2v) is 7.95. The van der Waals surface area contributed by atoms with E-state index < -0.39 is 31.3 Å². The van der Waals surface area contributed by atoms with Crippen LogP contribution >= 0.6 is 19.6 Å². The number of nitrogen functional groups attached to an aromatic ring is 1. The molecule has 26 heavy (non-hydrogen) atoms. The third-order valence-electron chi connectivity index (χ3n) is 4.08. The minimum absolute atomic E-state index is 0.0142. The number of halogens is 1. The fraction of sp³-hybridized carbons (Fsp3) is 0.643. The highest BCUT2D eigenvalue weighted by molar-refractivity contribution is 7.38. The molecule has 5 atom stereocenters. The number of nitrogens with zero attached hydrogens (tertiary/aromatic N) is 4. The van der Waals surface area contributed by atoms with Crippen molar-refractivity contribution in [1.82, 2.24) is 19.5 Å². The van der Waals surface area contributed by atoms with E-state index in [-0.39, 0.29) is 18.4 Å². The Morgan fingerprint density at radius 1 is 1.54 bits per heavy atom. The summed E-state index contributed by atoms with van der Waals surface area (Å²) < 4.78 is 29.2. The monoisotopic (exact) mass is 404 g/mol. The van der Waals surface area contributed by atoms with Crippen LogP contribution in [0.4, 0.5) is 5.95 Å². The maximum atomic E-state index is 11.2. The van der Waals surface area contributed by atoms with E-state index in [0.717, 1.165) is 0 Å². The van der Waals surface area contributed by atoms with Crippen LogP contribution in [0.1, 0.15) is 20.1 Å². The molecule has 0 radical (unpaired) electrons. The second-order valence-electron chi connectivity index (χ2n) is 6.00. The third kappa shape index (κ3) is 3.35. The van der Waals surface area contributed by atoms with E-state index in [1.54, 1.807) is 11.5 Å². The van der Waals surface area contributed by atoms with Crippen LogP contribution in [0.25, 0.3) is 11.2 Å². The topological polar surface area (TPSA) is 135 Å². The fourth-order valence-corrected chi connectivity index (χ4v) is 3.50. The first-order chi connectivity index (χ1) is 12.3. The molecule has 1 aliphatic rings. The van der Waals surface area contributed by atoms with Crippen molar-refractivity contribution >= 4 is 36.7 Å². The summed E-state index contributed by atoms with van der Waals surface area (Å²) >= 11 is 6.57. The van der Waals surface area contributed by atoms with E-state index in [4.69, 9.17) is 31.3 Å². The molecule has 2 aromatic heterocycles. The molecule has 0 aliphatic carbocycles. The molecule has 10 nitrogen and oxygen atoms in total. The summed E-state index contributed by atoms with van der Waals surface area (Å²) in [7, 11) is -1.82. The van der Waals surface area contributed by atoms with Crippen LogP contribution in [0.2, 0.25) is 0 Å². The molecule has 3 heterocycles. The maximum Gasteiger partial charge on any atom is 0.504 e. The van der Waals surface area contributed by atoms with Crippen LogP contribution in [-0.2, 0) is 13.8 Å². The normalized spacial score (nSPS) is 29.3. The number of hydrogen-bond donors (Lipinski definition) is 2. The average molecular weight is 405 g/mol. The number of aromatic nitrogens is 4. The van der Waals surface area contributed by atoms with Gasteiger partial charge in [0.2, 0.25) is 11.8 Å². The van der Waals surface area contributed by atoms with Gasteiger partial charge in [-0.3, -0.25) is 4.57 Å². The molecular formula is C14H20ClN5O5P+. The number of fused-ring (bicyclic) bond motifs is 1. The summed E-state index contributed by atoms with van der Waals surface area (Å²) in [4.78, 5) is 11.3.